The summed E-state index contributed by atoms with van der Waals surface area (Å²) in [7, 11) is 0. The molecule has 0 aliphatic rings. The Labute approximate surface area is 190 Å². The molecule has 4 nitrogen and oxygen atoms in total. The van der Waals surface area contributed by atoms with Gasteiger partial charge in [0.1, 0.15) is 11.3 Å². The van der Waals surface area contributed by atoms with Gasteiger partial charge in [0.05, 0.1) is 11.3 Å². The molecule has 4 heteroatoms. The lowest BCUT2D eigenvalue weighted by Gasteiger charge is -2.08. The number of hydrogen-bond donors (Lipinski definition) is 1. The third-order valence-corrected chi connectivity index (χ3v) is 5.91. The molecular formula is C29H20N2O2. The van der Waals surface area contributed by atoms with E-state index < -0.39 is 0 Å². The van der Waals surface area contributed by atoms with E-state index in [9.17, 15) is 5.11 Å². The van der Waals surface area contributed by atoms with Crippen molar-refractivity contribution in [2.45, 2.75) is 6.92 Å². The van der Waals surface area contributed by atoms with E-state index in [2.05, 4.69) is 35.3 Å². The zero-order valence-electron chi connectivity index (χ0n) is 18.0. The number of phenolic OH excluding ortho intramolecular Hbond substituents is 1. The third-order valence-electron chi connectivity index (χ3n) is 5.91. The van der Waals surface area contributed by atoms with Gasteiger partial charge in [0.2, 0.25) is 5.89 Å². The van der Waals surface area contributed by atoms with Crippen LogP contribution in [0.1, 0.15) is 11.1 Å². The second-order valence-electron chi connectivity index (χ2n) is 8.18. The highest BCUT2D eigenvalue weighted by atomic mass is 16.3. The van der Waals surface area contributed by atoms with Crippen LogP contribution in [0.15, 0.2) is 100 Å². The van der Waals surface area contributed by atoms with E-state index in [1.165, 1.54) is 10.8 Å². The molecule has 158 valence electrons. The summed E-state index contributed by atoms with van der Waals surface area (Å²) in [6.07, 6.45) is 1.90. The van der Waals surface area contributed by atoms with E-state index >= 15 is 0 Å². The quantitative estimate of drug-likeness (QED) is 0.234. The first-order chi connectivity index (χ1) is 16.2. The van der Waals surface area contributed by atoms with Crippen LogP contribution in [0, 0.1) is 6.92 Å². The summed E-state index contributed by atoms with van der Waals surface area (Å²) in [5.74, 6) is 0.480. The summed E-state index contributed by atoms with van der Waals surface area (Å²) in [4.78, 5) is 9.33. The summed E-state index contributed by atoms with van der Waals surface area (Å²) >= 11 is 0. The lowest BCUT2D eigenvalue weighted by Crippen LogP contribution is -1.88. The third kappa shape index (κ3) is 3.42. The molecule has 1 aromatic heterocycles. The van der Waals surface area contributed by atoms with Crippen LogP contribution in [-0.4, -0.2) is 16.3 Å². The van der Waals surface area contributed by atoms with E-state index in [1.54, 1.807) is 18.2 Å². The largest absolute Gasteiger partial charge is 0.507 e. The molecule has 33 heavy (non-hydrogen) atoms. The van der Waals surface area contributed by atoms with Crippen molar-refractivity contribution in [3.8, 4) is 17.2 Å². The Kier molecular flexibility index (Phi) is 4.44. The molecule has 6 aromatic rings. The second kappa shape index (κ2) is 7.61. The van der Waals surface area contributed by atoms with Crippen molar-refractivity contribution in [3.63, 3.8) is 0 Å². The van der Waals surface area contributed by atoms with Crippen molar-refractivity contribution in [1.82, 2.24) is 4.98 Å². The molecule has 0 bridgehead atoms. The number of rotatable bonds is 3. The number of hydrogen-bond acceptors (Lipinski definition) is 4. The summed E-state index contributed by atoms with van der Waals surface area (Å²) < 4.78 is 5.90. The van der Waals surface area contributed by atoms with E-state index in [0.29, 0.717) is 22.7 Å². The molecule has 6 rings (SSSR count). The number of aromatic hydroxyl groups is 1. The number of aryl methyl sites for hydroxylation is 1. The summed E-state index contributed by atoms with van der Waals surface area (Å²) in [6, 6.07) is 29.9. The lowest BCUT2D eigenvalue weighted by molar-refractivity contribution is 0.474. The molecule has 0 aliphatic heterocycles. The number of phenols is 1. The molecular weight excluding hydrogens is 408 g/mol. The Morgan fingerprint density at radius 2 is 1.55 bits per heavy atom. The molecule has 0 spiro atoms. The van der Waals surface area contributed by atoms with Gasteiger partial charge in [-0.05, 0) is 70.4 Å². The molecule has 0 unspecified atom stereocenters. The molecule has 0 radical (unpaired) electrons. The van der Waals surface area contributed by atoms with Gasteiger partial charge in [-0.3, -0.25) is 4.99 Å². The first-order valence-corrected chi connectivity index (χ1v) is 10.8. The molecule has 5 aromatic carbocycles. The zero-order valence-corrected chi connectivity index (χ0v) is 18.0. The standard InChI is InChI=1S/C29H20N2O2/c1-18-10-13-28-26(14-18)31-29(33-28)24-16-21(11-12-27(24)32)30-17-25-22-8-4-2-6-19(22)15-20-7-3-5-9-23(20)25/h2-17,32H,1H3. The summed E-state index contributed by atoms with van der Waals surface area (Å²) in [5.41, 5.74) is 4.84. The van der Waals surface area contributed by atoms with Crippen molar-refractivity contribution in [1.29, 1.82) is 0 Å². The van der Waals surface area contributed by atoms with Crippen molar-refractivity contribution in [3.05, 3.63) is 102 Å². The van der Waals surface area contributed by atoms with Gasteiger partial charge < -0.3 is 9.52 Å². The van der Waals surface area contributed by atoms with Crippen LogP contribution < -0.4 is 0 Å². The maximum absolute atomic E-state index is 10.5. The van der Waals surface area contributed by atoms with Gasteiger partial charge >= 0.3 is 0 Å². The fourth-order valence-electron chi connectivity index (χ4n) is 4.26. The Hall–Kier alpha value is -4.44. The van der Waals surface area contributed by atoms with Crippen LogP contribution in [0.2, 0.25) is 0 Å². The number of fused-ring (bicyclic) bond motifs is 3. The number of nitrogens with zero attached hydrogens (tertiary/aromatic N) is 2. The first-order valence-electron chi connectivity index (χ1n) is 10.8. The molecule has 0 fully saturated rings. The smallest absolute Gasteiger partial charge is 0.231 e. The molecule has 0 atom stereocenters. The average molecular weight is 428 g/mol. The zero-order chi connectivity index (χ0) is 22.4. The Morgan fingerprint density at radius 3 is 2.30 bits per heavy atom. The minimum absolute atomic E-state index is 0.104. The van der Waals surface area contributed by atoms with E-state index in [4.69, 9.17) is 9.41 Å². The van der Waals surface area contributed by atoms with Gasteiger partial charge in [-0.2, -0.15) is 0 Å². The highest BCUT2D eigenvalue weighted by molar-refractivity contribution is 6.13. The van der Waals surface area contributed by atoms with E-state index in [0.717, 1.165) is 27.4 Å². The van der Waals surface area contributed by atoms with Gasteiger partial charge in [0.25, 0.3) is 0 Å². The van der Waals surface area contributed by atoms with Crippen LogP contribution in [-0.2, 0) is 0 Å². The van der Waals surface area contributed by atoms with Crippen LogP contribution in [0.5, 0.6) is 5.75 Å². The Morgan fingerprint density at radius 1 is 0.818 bits per heavy atom. The number of aliphatic imine (C=N–C) groups is 1. The van der Waals surface area contributed by atoms with Crippen LogP contribution in [0.4, 0.5) is 5.69 Å². The molecule has 1 N–H and O–H groups in total. The Balaban J connectivity index is 1.46. The fraction of sp³-hybridized carbons (Fsp3) is 0.0345. The SMILES string of the molecule is Cc1ccc2oc(-c3cc(N=Cc4c5ccccc5cc5ccccc45)ccc3O)nc2c1. The Bertz CT molecular complexity index is 1640. The molecule has 0 saturated carbocycles. The molecule has 1 heterocycles. The maximum atomic E-state index is 10.5. The minimum atomic E-state index is 0.104. The second-order valence-corrected chi connectivity index (χ2v) is 8.18. The van der Waals surface area contributed by atoms with Crippen molar-refractivity contribution in [2.24, 2.45) is 4.99 Å². The van der Waals surface area contributed by atoms with Gasteiger partial charge in [0, 0.05) is 11.8 Å². The molecule has 0 amide bonds. The highest BCUT2D eigenvalue weighted by Crippen LogP contribution is 2.35. The number of aromatic nitrogens is 1. The van der Waals surface area contributed by atoms with Gasteiger partial charge in [0.15, 0.2) is 5.58 Å². The number of benzene rings is 5. The fourth-order valence-corrected chi connectivity index (χ4v) is 4.26. The predicted octanol–water partition coefficient (Wildman–Crippen LogP) is 7.57. The van der Waals surface area contributed by atoms with Crippen LogP contribution in [0.3, 0.4) is 0 Å². The lowest BCUT2D eigenvalue weighted by atomic mass is 9.97. The van der Waals surface area contributed by atoms with Crippen LogP contribution >= 0.6 is 0 Å². The highest BCUT2D eigenvalue weighted by Gasteiger charge is 2.13. The predicted molar refractivity (Wildman–Crippen MR) is 135 cm³/mol. The van der Waals surface area contributed by atoms with Gasteiger partial charge in [-0.15, -0.1) is 0 Å². The average Bonchev–Trinajstić information content (AvgIpc) is 3.25. The normalized spacial score (nSPS) is 11.8. The van der Waals surface area contributed by atoms with Crippen molar-refractivity contribution < 1.29 is 9.52 Å². The van der Waals surface area contributed by atoms with Crippen molar-refractivity contribution in [2.75, 3.05) is 0 Å². The maximum Gasteiger partial charge on any atom is 0.231 e. The molecule has 0 aliphatic carbocycles. The van der Waals surface area contributed by atoms with Crippen molar-refractivity contribution >= 4 is 44.5 Å². The minimum Gasteiger partial charge on any atom is -0.507 e. The number of oxazole rings is 1. The van der Waals surface area contributed by atoms with Crippen LogP contribution in [0.25, 0.3) is 44.1 Å². The summed E-state index contributed by atoms with van der Waals surface area (Å²) in [5, 5.41) is 15.1. The first kappa shape index (κ1) is 19.3. The van der Waals surface area contributed by atoms with E-state index in [-0.39, 0.29) is 5.75 Å². The monoisotopic (exact) mass is 428 g/mol. The van der Waals surface area contributed by atoms with Gasteiger partial charge in [-0.25, -0.2) is 4.98 Å². The topological polar surface area (TPSA) is 58.6 Å². The molecule has 0 saturated heterocycles. The van der Waals surface area contributed by atoms with Gasteiger partial charge in [-0.1, -0.05) is 54.6 Å². The van der Waals surface area contributed by atoms with E-state index in [1.807, 2.05) is 55.6 Å². The summed E-state index contributed by atoms with van der Waals surface area (Å²) in [6.45, 7) is 2.01.